The van der Waals surface area contributed by atoms with Crippen molar-refractivity contribution in [1.82, 2.24) is 0 Å². The molecule has 0 radical (unpaired) electrons. The number of oxime groups is 1. The quantitative estimate of drug-likeness (QED) is 0.340. The van der Waals surface area contributed by atoms with E-state index in [9.17, 15) is 26.3 Å². The van der Waals surface area contributed by atoms with Crippen LogP contribution in [0.4, 0.5) is 26.3 Å². The Morgan fingerprint density at radius 2 is 1.50 bits per heavy atom. The molecule has 2 aromatic rings. The van der Waals surface area contributed by atoms with E-state index in [1.807, 2.05) is 30.3 Å². The van der Waals surface area contributed by atoms with E-state index in [-0.39, 0.29) is 18.2 Å². The van der Waals surface area contributed by atoms with Crippen molar-refractivity contribution in [2.45, 2.75) is 43.6 Å². The van der Waals surface area contributed by atoms with Crippen molar-refractivity contribution < 1.29 is 36.3 Å². The molecular formula is C21H19F6NO2. The zero-order valence-corrected chi connectivity index (χ0v) is 15.9. The van der Waals surface area contributed by atoms with E-state index < -0.39 is 35.0 Å². The summed E-state index contributed by atoms with van der Waals surface area (Å²) in [6, 6.07) is 10.6. The summed E-state index contributed by atoms with van der Waals surface area (Å²) >= 11 is 0. The fourth-order valence-corrected chi connectivity index (χ4v) is 3.58. The molecular weight excluding hydrogens is 412 g/mol. The third-order valence-electron chi connectivity index (χ3n) is 5.30. The Hall–Kier alpha value is -2.55. The van der Waals surface area contributed by atoms with E-state index >= 15 is 0 Å². The summed E-state index contributed by atoms with van der Waals surface area (Å²) in [7, 11) is 0. The lowest BCUT2D eigenvalue weighted by Gasteiger charge is -2.43. The number of rotatable bonds is 5. The molecule has 1 fully saturated rings. The summed E-state index contributed by atoms with van der Waals surface area (Å²) < 4.78 is 84.3. The second-order valence-corrected chi connectivity index (χ2v) is 7.46. The second-order valence-electron chi connectivity index (χ2n) is 7.46. The molecule has 3 rings (SSSR count). The first kappa shape index (κ1) is 22.1. The summed E-state index contributed by atoms with van der Waals surface area (Å²) in [6.07, 6.45) is -10.1. The van der Waals surface area contributed by atoms with E-state index in [0.717, 1.165) is 5.56 Å². The molecule has 162 valence electrons. The Labute approximate surface area is 169 Å². The van der Waals surface area contributed by atoms with Crippen LogP contribution < -0.4 is 0 Å². The molecule has 0 saturated heterocycles. The molecule has 30 heavy (non-hydrogen) atoms. The topological polar surface area (TPSA) is 41.8 Å². The van der Waals surface area contributed by atoms with Gasteiger partial charge in [0, 0.05) is 18.3 Å². The van der Waals surface area contributed by atoms with Gasteiger partial charge in [0.15, 0.2) is 0 Å². The van der Waals surface area contributed by atoms with Crippen LogP contribution in [0.15, 0.2) is 53.7 Å². The average molecular weight is 431 g/mol. The molecule has 1 atom stereocenters. The van der Waals surface area contributed by atoms with Gasteiger partial charge in [-0.05, 0) is 36.2 Å². The van der Waals surface area contributed by atoms with Crippen LogP contribution in [0.2, 0.25) is 0 Å². The minimum absolute atomic E-state index is 0.0504. The maximum Gasteiger partial charge on any atom is 0.416 e. The summed E-state index contributed by atoms with van der Waals surface area (Å²) in [4.78, 5) is 0. The minimum Gasteiger partial charge on any atom is -0.411 e. The van der Waals surface area contributed by atoms with Gasteiger partial charge < -0.3 is 9.94 Å². The first-order valence-corrected chi connectivity index (χ1v) is 9.11. The van der Waals surface area contributed by atoms with Crippen LogP contribution >= 0.6 is 0 Å². The van der Waals surface area contributed by atoms with Crippen LogP contribution in [-0.2, 0) is 22.5 Å². The van der Waals surface area contributed by atoms with Crippen LogP contribution in [-0.4, -0.2) is 17.5 Å². The number of hydrogen-bond acceptors (Lipinski definition) is 3. The van der Waals surface area contributed by atoms with Crippen molar-refractivity contribution in [3.63, 3.8) is 0 Å². The van der Waals surface area contributed by atoms with Crippen molar-refractivity contribution in [3.8, 4) is 0 Å². The van der Waals surface area contributed by atoms with Gasteiger partial charge in [-0.2, -0.15) is 26.3 Å². The molecule has 1 aliphatic carbocycles. The first-order valence-electron chi connectivity index (χ1n) is 9.11. The van der Waals surface area contributed by atoms with Gasteiger partial charge in [-0.25, -0.2) is 0 Å². The third-order valence-corrected chi connectivity index (χ3v) is 5.30. The fraction of sp³-hybridized carbons (Fsp3) is 0.381. The number of ether oxygens (including phenoxy) is 1. The van der Waals surface area contributed by atoms with Crippen LogP contribution in [0.25, 0.3) is 0 Å². The highest BCUT2D eigenvalue weighted by atomic mass is 19.4. The van der Waals surface area contributed by atoms with E-state index in [2.05, 4.69) is 5.16 Å². The highest BCUT2D eigenvalue weighted by Crippen LogP contribution is 2.44. The van der Waals surface area contributed by atoms with Crippen LogP contribution in [0, 0.1) is 0 Å². The van der Waals surface area contributed by atoms with E-state index in [1.165, 1.54) is 6.92 Å². The van der Waals surface area contributed by atoms with Gasteiger partial charge in [0.25, 0.3) is 0 Å². The van der Waals surface area contributed by atoms with E-state index in [4.69, 9.17) is 9.94 Å². The highest BCUT2D eigenvalue weighted by molar-refractivity contribution is 5.93. The summed E-state index contributed by atoms with van der Waals surface area (Å²) in [6.45, 7) is 1.46. The van der Waals surface area contributed by atoms with Crippen molar-refractivity contribution in [3.05, 3.63) is 70.8 Å². The lowest BCUT2D eigenvalue weighted by molar-refractivity contribution is -0.143. The van der Waals surface area contributed by atoms with Crippen molar-refractivity contribution in [1.29, 1.82) is 0 Å². The Balaban J connectivity index is 1.85. The van der Waals surface area contributed by atoms with Gasteiger partial charge in [0.2, 0.25) is 0 Å². The summed E-state index contributed by atoms with van der Waals surface area (Å²) in [5, 5.41) is 12.2. The van der Waals surface area contributed by atoms with Crippen molar-refractivity contribution >= 4 is 5.71 Å². The van der Waals surface area contributed by atoms with Gasteiger partial charge in [-0.3, -0.25) is 0 Å². The largest absolute Gasteiger partial charge is 0.416 e. The first-order chi connectivity index (χ1) is 13.9. The molecule has 1 aliphatic rings. The predicted molar refractivity (Wildman–Crippen MR) is 97.4 cm³/mol. The monoisotopic (exact) mass is 431 g/mol. The molecule has 0 aromatic heterocycles. The smallest absolute Gasteiger partial charge is 0.411 e. The van der Waals surface area contributed by atoms with Crippen LogP contribution in [0.5, 0.6) is 0 Å². The molecule has 1 N–H and O–H groups in total. The molecule has 0 spiro atoms. The zero-order valence-electron chi connectivity index (χ0n) is 15.9. The standard InChI is InChI=1S/C21H19F6NO2/c1-13(14-7-16(20(22,23)24)9-17(8-14)21(25,26)27)30-12-19(10-18(11-19)28-29)15-5-3-2-4-6-15/h2-9,13,29H,10-12H2,1H3/t13-,19?/m1/s1. The molecule has 0 unspecified atom stereocenters. The molecule has 3 nitrogen and oxygen atoms in total. The van der Waals surface area contributed by atoms with Gasteiger partial charge in [0.05, 0.1) is 29.5 Å². The van der Waals surface area contributed by atoms with Crippen molar-refractivity contribution in [2.24, 2.45) is 5.16 Å². The lowest BCUT2D eigenvalue weighted by atomic mass is 9.63. The average Bonchev–Trinajstić information content (AvgIpc) is 2.66. The number of benzene rings is 2. The van der Waals surface area contributed by atoms with E-state index in [0.29, 0.717) is 30.7 Å². The fourth-order valence-electron chi connectivity index (χ4n) is 3.58. The Morgan fingerprint density at radius 1 is 0.967 bits per heavy atom. The Bertz CT molecular complexity index is 881. The van der Waals surface area contributed by atoms with Crippen LogP contribution in [0.1, 0.15) is 48.1 Å². The molecule has 0 aliphatic heterocycles. The Kier molecular flexibility index (Phi) is 5.86. The Morgan fingerprint density at radius 3 is 1.97 bits per heavy atom. The normalized spacial score (nSPS) is 20.6. The van der Waals surface area contributed by atoms with Crippen LogP contribution in [0.3, 0.4) is 0 Å². The lowest BCUT2D eigenvalue weighted by Crippen LogP contribution is -2.45. The SMILES string of the molecule is C[C@@H](OCC1(c2ccccc2)CC(=NO)C1)c1cc(C(F)(F)F)cc(C(F)(F)F)c1. The molecule has 0 bridgehead atoms. The van der Waals surface area contributed by atoms with E-state index in [1.54, 1.807) is 0 Å². The highest BCUT2D eigenvalue weighted by Gasteiger charge is 2.44. The van der Waals surface area contributed by atoms with Gasteiger partial charge in [0.1, 0.15) is 0 Å². The van der Waals surface area contributed by atoms with Crippen molar-refractivity contribution in [2.75, 3.05) is 6.61 Å². The van der Waals surface area contributed by atoms with Gasteiger partial charge >= 0.3 is 12.4 Å². The summed E-state index contributed by atoms with van der Waals surface area (Å²) in [5.41, 5.74) is -2.07. The number of halogens is 6. The second kappa shape index (κ2) is 7.94. The maximum absolute atomic E-state index is 13.1. The minimum atomic E-state index is -4.92. The number of alkyl halides is 6. The van der Waals surface area contributed by atoms with Gasteiger partial charge in [-0.1, -0.05) is 35.5 Å². The third kappa shape index (κ3) is 4.61. The number of hydrogen-bond donors (Lipinski definition) is 1. The molecule has 9 heteroatoms. The summed E-state index contributed by atoms with van der Waals surface area (Å²) in [5.74, 6) is 0. The molecule has 0 amide bonds. The molecule has 1 saturated carbocycles. The maximum atomic E-state index is 13.1. The predicted octanol–water partition coefficient (Wildman–Crippen LogP) is 6.36. The molecule has 2 aromatic carbocycles. The zero-order chi connectivity index (χ0) is 22.2. The number of nitrogens with zero attached hydrogens (tertiary/aromatic N) is 1. The molecule has 0 heterocycles. The van der Waals surface area contributed by atoms with Gasteiger partial charge in [-0.15, -0.1) is 0 Å².